The van der Waals surface area contributed by atoms with Crippen molar-refractivity contribution in [1.29, 1.82) is 0 Å². The minimum atomic E-state index is -0.337. The highest BCUT2D eigenvalue weighted by Gasteiger charge is 2.18. The van der Waals surface area contributed by atoms with Gasteiger partial charge in [-0.25, -0.2) is 4.98 Å². The van der Waals surface area contributed by atoms with Gasteiger partial charge >= 0.3 is 0 Å². The van der Waals surface area contributed by atoms with Crippen LogP contribution >= 0.6 is 0 Å². The molecule has 0 saturated heterocycles. The number of amides is 1. The molecule has 0 aliphatic heterocycles. The van der Waals surface area contributed by atoms with Crippen LogP contribution in [0.5, 0.6) is 0 Å². The highest BCUT2D eigenvalue weighted by atomic mass is 16.2. The van der Waals surface area contributed by atoms with Crippen LogP contribution in [0.2, 0.25) is 0 Å². The summed E-state index contributed by atoms with van der Waals surface area (Å²) in [5.74, 6) is 0.0406. The molecule has 2 rings (SSSR count). The molecule has 0 aromatic carbocycles. The average Bonchev–Trinajstić information content (AvgIpc) is 2.77. The summed E-state index contributed by atoms with van der Waals surface area (Å²) in [5.41, 5.74) is 7.10. The van der Waals surface area contributed by atoms with Gasteiger partial charge in [-0.15, -0.1) is 0 Å². The Morgan fingerprint density at radius 3 is 2.88 bits per heavy atom. The van der Waals surface area contributed by atoms with Gasteiger partial charge in [-0.1, -0.05) is 0 Å². The van der Waals surface area contributed by atoms with E-state index in [1.165, 1.54) is 4.68 Å². The van der Waals surface area contributed by atoms with Gasteiger partial charge in [0, 0.05) is 19.4 Å². The summed E-state index contributed by atoms with van der Waals surface area (Å²) in [6.45, 7) is 1.75. The topological polar surface area (TPSA) is 102 Å². The number of carbonyl (C=O) groups is 1. The molecule has 4 N–H and O–H groups in total. The third-order valence-corrected chi connectivity index (χ3v) is 2.21. The van der Waals surface area contributed by atoms with Crippen LogP contribution in [0.1, 0.15) is 16.2 Å². The Hall–Kier alpha value is -2.31. The number of nitrogen functional groups attached to an aromatic ring is 1. The minimum absolute atomic E-state index is 0.328. The number of anilines is 2. The Balaban J connectivity index is 2.27. The highest BCUT2D eigenvalue weighted by Crippen LogP contribution is 2.16. The SMILES string of the molecule is Cc1nn(C)c(C(=O)Nc2ncc[nH]2)c1N. The molecule has 0 spiro atoms. The van der Waals surface area contributed by atoms with E-state index in [9.17, 15) is 4.79 Å². The first-order valence-corrected chi connectivity index (χ1v) is 4.69. The van der Waals surface area contributed by atoms with Crippen molar-refractivity contribution in [3.05, 3.63) is 23.8 Å². The van der Waals surface area contributed by atoms with Crippen LogP contribution in [0.15, 0.2) is 12.4 Å². The number of aryl methyl sites for hydroxylation is 2. The molecule has 2 aromatic heterocycles. The maximum atomic E-state index is 11.9. The van der Waals surface area contributed by atoms with Gasteiger partial charge in [0.2, 0.25) is 5.95 Å². The number of aromatic amines is 1. The van der Waals surface area contributed by atoms with Gasteiger partial charge in [0.05, 0.1) is 11.4 Å². The lowest BCUT2D eigenvalue weighted by molar-refractivity contribution is 0.101. The number of imidazole rings is 1. The molecule has 0 saturated carbocycles. The molecule has 0 aliphatic rings. The van der Waals surface area contributed by atoms with Gasteiger partial charge in [-0.3, -0.25) is 14.8 Å². The summed E-state index contributed by atoms with van der Waals surface area (Å²) >= 11 is 0. The number of nitrogens with two attached hydrogens (primary N) is 1. The van der Waals surface area contributed by atoms with Gasteiger partial charge in [0.25, 0.3) is 5.91 Å². The Morgan fingerprint density at radius 2 is 2.38 bits per heavy atom. The van der Waals surface area contributed by atoms with Gasteiger partial charge in [-0.05, 0) is 6.92 Å². The fourth-order valence-corrected chi connectivity index (χ4v) is 1.44. The van der Waals surface area contributed by atoms with Crippen LogP contribution in [0.3, 0.4) is 0 Å². The Morgan fingerprint density at radius 1 is 1.62 bits per heavy atom. The van der Waals surface area contributed by atoms with Crippen molar-refractivity contribution < 1.29 is 4.79 Å². The molecule has 16 heavy (non-hydrogen) atoms. The van der Waals surface area contributed by atoms with E-state index < -0.39 is 0 Å². The third-order valence-electron chi connectivity index (χ3n) is 2.21. The summed E-state index contributed by atoms with van der Waals surface area (Å²) in [5, 5.41) is 6.65. The summed E-state index contributed by atoms with van der Waals surface area (Å²) in [4.78, 5) is 18.5. The minimum Gasteiger partial charge on any atom is -0.395 e. The van der Waals surface area contributed by atoms with E-state index in [1.807, 2.05) is 0 Å². The van der Waals surface area contributed by atoms with E-state index in [2.05, 4.69) is 20.4 Å². The number of hydrogen-bond acceptors (Lipinski definition) is 4. The van der Waals surface area contributed by atoms with Crippen LogP contribution in [-0.4, -0.2) is 25.7 Å². The maximum Gasteiger partial charge on any atom is 0.278 e. The normalized spacial score (nSPS) is 10.4. The smallest absolute Gasteiger partial charge is 0.278 e. The van der Waals surface area contributed by atoms with Crippen LogP contribution in [0, 0.1) is 6.92 Å². The van der Waals surface area contributed by atoms with Gasteiger partial charge in [0.15, 0.2) is 0 Å². The van der Waals surface area contributed by atoms with Crippen LogP contribution in [0.4, 0.5) is 11.6 Å². The molecule has 0 fully saturated rings. The largest absolute Gasteiger partial charge is 0.395 e. The molecule has 0 radical (unpaired) electrons. The number of nitrogens with one attached hydrogen (secondary N) is 2. The number of aromatic nitrogens is 4. The van der Waals surface area contributed by atoms with Crippen molar-refractivity contribution in [3.63, 3.8) is 0 Å². The molecule has 7 nitrogen and oxygen atoms in total. The lowest BCUT2D eigenvalue weighted by Crippen LogP contribution is -2.18. The lowest BCUT2D eigenvalue weighted by atomic mass is 10.3. The molecular weight excluding hydrogens is 208 g/mol. The molecule has 0 bridgehead atoms. The van der Waals surface area contributed by atoms with Crippen LogP contribution in [0.25, 0.3) is 0 Å². The third kappa shape index (κ3) is 1.62. The zero-order valence-electron chi connectivity index (χ0n) is 8.98. The standard InChI is InChI=1S/C9H12N6O/c1-5-6(10)7(15(2)14-5)8(16)13-9-11-3-4-12-9/h3-4H,10H2,1-2H3,(H2,11,12,13,16). The van der Waals surface area contributed by atoms with Crippen LogP contribution in [-0.2, 0) is 7.05 Å². The highest BCUT2D eigenvalue weighted by molar-refractivity contribution is 6.05. The fourth-order valence-electron chi connectivity index (χ4n) is 1.44. The summed E-state index contributed by atoms with van der Waals surface area (Å²) in [6.07, 6.45) is 3.17. The van der Waals surface area contributed by atoms with Crippen molar-refractivity contribution in [2.45, 2.75) is 6.92 Å². The average molecular weight is 220 g/mol. The van der Waals surface area contributed by atoms with E-state index in [0.29, 0.717) is 23.0 Å². The molecule has 0 unspecified atom stereocenters. The molecule has 0 aliphatic carbocycles. The second-order valence-corrected chi connectivity index (χ2v) is 3.36. The van der Waals surface area contributed by atoms with E-state index in [4.69, 9.17) is 5.73 Å². The summed E-state index contributed by atoms with van der Waals surface area (Å²) in [7, 11) is 1.67. The number of carbonyl (C=O) groups excluding carboxylic acids is 1. The number of hydrogen-bond donors (Lipinski definition) is 3. The second kappa shape index (κ2) is 3.69. The fraction of sp³-hybridized carbons (Fsp3) is 0.222. The van der Waals surface area contributed by atoms with Crippen molar-refractivity contribution >= 4 is 17.5 Å². The van der Waals surface area contributed by atoms with Crippen molar-refractivity contribution in [1.82, 2.24) is 19.7 Å². The molecule has 2 heterocycles. The monoisotopic (exact) mass is 220 g/mol. The molecule has 2 aromatic rings. The Labute approximate surface area is 91.7 Å². The van der Waals surface area contributed by atoms with E-state index >= 15 is 0 Å². The zero-order chi connectivity index (χ0) is 11.7. The predicted octanol–water partition coefficient (Wildman–Crippen LogP) is 0.286. The van der Waals surface area contributed by atoms with Crippen molar-refractivity contribution in [3.8, 4) is 0 Å². The quantitative estimate of drug-likeness (QED) is 0.676. The summed E-state index contributed by atoms with van der Waals surface area (Å²) < 4.78 is 1.45. The maximum absolute atomic E-state index is 11.9. The predicted molar refractivity (Wildman–Crippen MR) is 58.9 cm³/mol. The first-order chi connectivity index (χ1) is 7.59. The van der Waals surface area contributed by atoms with Crippen molar-refractivity contribution in [2.75, 3.05) is 11.1 Å². The molecule has 7 heteroatoms. The number of H-pyrrole nitrogens is 1. The van der Waals surface area contributed by atoms with E-state index in [0.717, 1.165) is 0 Å². The molecular formula is C9H12N6O. The molecule has 0 atom stereocenters. The van der Waals surface area contributed by atoms with Crippen LogP contribution < -0.4 is 11.1 Å². The van der Waals surface area contributed by atoms with E-state index in [1.54, 1.807) is 26.4 Å². The number of nitrogens with zero attached hydrogens (tertiary/aromatic N) is 3. The van der Waals surface area contributed by atoms with Crippen molar-refractivity contribution in [2.24, 2.45) is 7.05 Å². The van der Waals surface area contributed by atoms with Gasteiger partial charge < -0.3 is 10.7 Å². The zero-order valence-corrected chi connectivity index (χ0v) is 8.98. The van der Waals surface area contributed by atoms with E-state index in [-0.39, 0.29) is 5.91 Å². The molecule has 84 valence electrons. The first kappa shape index (κ1) is 10.2. The molecule has 1 amide bonds. The Bertz CT molecular complexity index is 512. The Kier molecular flexibility index (Phi) is 2.35. The first-order valence-electron chi connectivity index (χ1n) is 4.69. The second-order valence-electron chi connectivity index (χ2n) is 3.36. The number of rotatable bonds is 2. The van der Waals surface area contributed by atoms with Gasteiger partial charge in [0.1, 0.15) is 5.69 Å². The lowest BCUT2D eigenvalue weighted by Gasteiger charge is -2.03. The van der Waals surface area contributed by atoms with Gasteiger partial charge in [-0.2, -0.15) is 5.10 Å². The summed E-state index contributed by atoms with van der Waals surface area (Å²) in [6, 6.07) is 0.